The van der Waals surface area contributed by atoms with Gasteiger partial charge in [-0.3, -0.25) is 4.79 Å². The first kappa shape index (κ1) is 19.9. The second-order valence-corrected chi connectivity index (χ2v) is 6.69. The number of hydrogen-bond donors (Lipinski definition) is 1. The lowest BCUT2D eigenvalue weighted by molar-refractivity contribution is 0.0948. The molecule has 1 aliphatic heterocycles. The van der Waals surface area contributed by atoms with Crippen molar-refractivity contribution in [3.63, 3.8) is 0 Å². The third-order valence-electron chi connectivity index (χ3n) is 5.06. The van der Waals surface area contributed by atoms with Crippen LogP contribution < -0.4 is 19.7 Å². The monoisotopic (exact) mass is 384 g/mol. The van der Waals surface area contributed by atoms with Crippen molar-refractivity contribution in [2.24, 2.45) is 0 Å². The Labute approximate surface area is 166 Å². The summed E-state index contributed by atoms with van der Waals surface area (Å²) in [7, 11) is 3.11. The highest BCUT2D eigenvalue weighted by Gasteiger charge is 2.17. The number of methoxy groups -OCH3 is 2. The zero-order chi connectivity index (χ0) is 19.9. The molecule has 3 rings (SSSR count). The van der Waals surface area contributed by atoms with Gasteiger partial charge in [-0.05, 0) is 30.3 Å². The van der Waals surface area contributed by atoms with Gasteiger partial charge < -0.3 is 24.6 Å². The van der Waals surface area contributed by atoms with Crippen LogP contribution in [0.25, 0.3) is 0 Å². The molecule has 0 spiro atoms. The molecule has 7 heteroatoms. The van der Waals surface area contributed by atoms with E-state index in [1.807, 2.05) is 18.3 Å². The molecule has 2 aromatic rings. The van der Waals surface area contributed by atoms with Gasteiger partial charge in [0.25, 0.3) is 5.91 Å². The summed E-state index contributed by atoms with van der Waals surface area (Å²) in [4.78, 5) is 21.8. The number of carbonyl (C=O) groups is 1. The lowest BCUT2D eigenvalue weighted by atomic mass is 10.1. The van der Waals surface area contributed by atoms with Crippen LogP contribution in [0.4, 0.5) is 5.82 Å². The summed E-state index contributed by atoms with van der Waals surface area (Å²) in [6, 6.07) is 9.18. The van der Waals surface area contributed by atoms with Gasteiger partial charge in [0.2, 0.25) is 0 Å². The van der Waals surface area contributed by atoms with Crippen LogP contribution in [0.15, 0.2) is 36.5 Å². The third kappa shape index (κ3) is 4.72. The fourth-order valence-electron chi connectivity index (χ4n) is 3.27. The number of benzene rings is 1. The first-order valence-corrected chi connectivity index (χ1v) is 9.57. The van der Waals surface area contributed by atoms with Crippen LogP contribution in [0.5, 0.6) is 11.5 Å². The molecule has 1 amide bonds. The fraction of sp³-hybridized carbons (Fsp3) is 0.429. The number of nitrogens with one attached hydrogen (secondary N) is 1. The number of piperazine rings is 1. The maximum atomic E-state index is 12.5. The van der Waals surface area contributed by atoms with E-state index in [1.165, 1.54) is 7.11 Å². The van der Waals surface area contributed by atoms with Crippen molar-refractivity contribution in [3.8, 4) is 11.5 Å². The summed E-state index contributed by atoms with van der Waals surface area (Å²) < 4.78 is 10.5. The van der Waals surface area contributed by atoms with Crippen molar-refractivity contribution < 1.29 is 14.3 Å². The zero-order valence-corrected chi connectivity index (χ0v) is 16.8. The number of pyridine rings is 1. The van der Waals surface area contributed by atoms with Crippen LogP contribution in [0.1, 0.15) is 22.8 Å². The average molecular weight is 384 g/mol. The average Bonchev–Trinajstić information content (AvgIpc) is 2.77. The molecule has 150 valence electrons. The number of likely N-dealkylation sites (N-methyl/N-ethyl adjacent to an activating group) is 1. The molecule has 1 N–H and O–H groups in total. The van der Waals surface area contributed by atoms with Gasteiger partial charge in [0.1, 0.15) is 17.3 Å². The minimum atomic E-state index is -0.195. The van der Waals surface area contributed by atoms with Gasteiger partial charge in [-0.25, -0.2) is 4.98 Å². The number of anilines is 1. The van der Waals surface area contributed by atoms with Crippen LogP contribution in [0.2, 0.25) is 0 Å². The minimum absolute atomic E-state index is 0.195. The fourth-order valence-corrected chi connectivity index (χ4v) is 3.27. The molecule has 1 aliphatic rings. The smallest absolute Gasteiger partial charge is 0.255 e. The molecule has 0 saturated carbocycles. The summed E-state index contributed by atoms with van der Waals surface area (Å²) >= 11 is 0. The van der Waals surface area contributed by atoms with E-state index in [2.05, 4.69) is 27.0 Å². The Morgan fingerprint density at radius 1 is 1.11 bits per heavy atom. The van der Waals surface area contributed by atoms with Crippen LogP contribution in [0.3, 0.4) is 0 Å². The highest BCUT2D eigenvalue weighted by Crippen LogP contribution is 2.24. The maximum Gasteiger partial charge on any atom is 0.255 e. The number of hydrogen-bond acceptors (Lipinski definition) is 6. The molecule has 28 heavy (non-hydrogen) atoms. The Morgan fingerprint density at radius 3 is 2.50 bits per heavy atom. The molecule has 1 saturated heterocycles. The predicted octanol–water partition coefficient (Wildman–Crippen LogP) is 2.17. The number of rotatable bonds is 7. The normalized spacial score (nSPS) is 14.6. The Morgan fingerprint density at radius 2 is 1.89 bits per heavy atom. The molecule has 0 unspecified atom stereocenters. The molecule has 1 fully saturated rings. The van der Waals surface area contributed by atoms with Crippen molar-refractivity contribution >= 4 is 11.7 Å². The van der Waals surface area contributed by atoms with Crippen LogP contribution >= 0.6 is 0 Å². The van der Waals surface area contributed by atoms with E-state index in [0.29, 0.717) is 23.6 Å². The summed E-state index contributed by atoms with van der Waals surface area (Å²) in [5, 5.41) is 2.92. The summed E-state index contributed by atoms with van der Waals surface area (Å²) in [5.74, 6) is 1.92. The van der Waals surface area contributed by atoms with Gasteiger partial charge in [0, 0.05) is 45.0 Å². The first-order chi connectivity index (χ1) is 13.6. The molecule has 0 bridgehead atoms. The summed E-state index contributed by atoms with van der Waals surface area (Å²) in [6.07, 6.45) is 1.83. The topological polar surface area (TPSA) is 66.9 Å². The molecule has 2 heterocycles. The van der Waals surface area contributed by atoms with E-state index in [4.69, 9.17) is 9.47 Å². The second-order valence-electron chi connectivity index (χ2n) is 6.69. The van der Waals surface area contributed by atoms with E-state index in [-0.39, 0.29) is 5.91 Å². The lowest BCUT2D eigenvalue weighted by Gasteiger charge is -2.34. The second kappa shape index (κ2) is 9.41. The van der Waals surface area contributed by atoms with Gasteiger partial charge >= 0.3 is 0 Å². The quantitative estimate of drug-likeness (QED) is 0.789. The number of ether oxygens (including phenoxy) is 2. The van der Waals surface area contributed by atoms with Gasteiger partial charge in [-0.2, -0.15) is 0 Å². The lowest BCUT2D eigenvalue weighted by Crippen LogP contribution is -2.46. The van der Waals surface area contributed by atoms with Crippen LogP contribution in [-0.2, 0) is 6.54 Å². The van der Waals surface area contributed by atoms with Gasteiger partial charge in [-0.1, -0.05) is 13.0 Å². The van der Waals surface area contributed by atoms with Crippen molar-refractivity contribution in [1.29, 1.82) is 0 Å². The Balaban J connectivity index is 1.57. The van der Waals surface area contributed by atoms with E-state index < -0.39 is 0 Å². The molecule has 0 aliphatic carbocycles. The molecule has 0 radical (unpaired) electrons. The Kier molecular flexibility index (Phi) is 6.71. The Bertz CT molecular complexity index is 787. The van der Waals surface area contributed by atoms with Crippen LogP contribution in [-0.4, -0.2) is 62.7 Å². The van der Waals surface area contributed by atoms with Crippen molar-refractivity contribution in [1.82, 2.24) is 15.2 Å². The van der Waals surface area contributed by atoms with Gasteiger partial charge in [-0.15, -0.1) is 0 Å². The van der Waals surface area contributed by atoms with E-state index in [9.17, 15) is 4.79 Å². The highest BCUT2D eigenvalue weighted by atomic mass is 16.5. The number of aromatic nitrogens is 1. The highest BCUT2D eigenvalue weighted by molar-refractivity contribution is 5.97. The van der Waals surface area contributed by atoms with E-state index in [0.717, 1.165) is 44.1 Å². The van der Waals surface area contributed by atoms with Crippen molar-refractivity contribution in [3.05, 3.63) is 47.7 Å². The summed E-state index contributed by atoms with van der Waals surface area (Å²) in [5.41, 5.74) is 1.43. The van der Waals surface area contributed by atoms with Crippen molar-refractivity contribution in [2.75, 3.05) is 51.8 Å². The molecule has 0 atom stereocenters. The number of nitrogens with zero attached hydrogens (tertiary/aromatic N) is 3. The number of carbonyl (C=O) groups excluding carboxylic acids is 1. The number of amides is 1. The minimum Gasteiger partial charge on any atom is -0.497 e. The largest absolute Gasteiger partial charge is 0.497 e. The van der Waals surface area contributed by atoms with E-state index >= 15 is 0 Å². The third-order valence-corrected chi connectivity index (χ3v) is 5.06. The first-order valence-electron chi connectivity index (χ1n) is 9.57. The standard InChI is InChI=1S/C21H28N4O3/c1-4-24-9-11-25(12-10-24)20-8-5-16(14-22-20)15-23-21(26)18-7-6-17(27-2)13-19(18)28-3/h5-8,13-14H,4,9-12,15H2,1-3H3,(H,23,26). The Hall–Kier alpha value is -2.80. The molecule has 7 nitrogen and oxygen atoms in total. The molecule has 1 aromatic carbocycles. The maximum absolute atomic E-state index is 12.5. The zero-order valence-electron chi connectivity index (χ0n) is 16.8. The van der Waals surface area contributed by atoms with Crippen LogP contribution in [0, 0.1) is 0 Å². The van der Waals surface area contributed by atoms with Gasteiger partial charge in [0.15, 0.2) is 0 Å². The predicted molar refractivity (Wildman–Crippen MR) is 109 cm³/mol. The summed E-state index contributed by atoms with van der Waals surface area (Å²) in [6.45, 7) is 7.82. The van der Waals surface area contributed by atoms with Gasteiger partial charge in [0.05, 0.1) is 19.8 Å². The van der Waals surface area contributed by atoms with E-state index in [1.54, 1.807) is 25.3 Å². The SMILES string of the molecule is CCN1CCN(c2ccc(CNC(=O)c3ccc(OC)cc3OC)cn2)CC1. The van der Waals surface area contributed by atoms with Crippen molar-refractivity contribution in [2.45, 2.75) is 13.5 Å². The molecular formula is C21H28N4O3. The molecular weight excluding hydrogens is 356 g/mol. The molecule has 1 aromatic heterocycles.